The van der Waals surface area contributed by atoms with Gasteiger partial charge in [-0.05, 0) is 19.1 Å². The topological polar surface area (TPSA) is 102 Å². The number of primary amides is 1. The van der Waals surface area contributed by atoms with Crippen LogP contribution in [-0.4, -0.2) is 29.3 Å². The SMILES string of the molecule is CC(COc1ccccc1)(NC(N)=O)C(=O)O. The van der Waals surface area contributed by atoms with Gasteiger partial charge in [-0.15, -0.1) is 0 Å². The molecule has 92 valence electrons. The zero-order valence-corrected chi connectivity index (χ0v) is 9.34. The average Bonchev–Trinajstić information content (AvgIpc) is 2.27. The van der Waals surface area contributed by atoms with E-state index in [0.717, 1.165) is 0 Å². The summed E-state index contributed by atoms with van der Waals surface area (Å²) < 4.78 is 5.28. The lowest BCUT2D eigenvalue weighted by Crippen LogP contribution is -2.57. The van der Waals surface area contributed by atoms with E-state index in [1.54, 1.807) is 24.3 Å². The normalized spacial score (nSPS) is 13.5. The van der Waals surface area contributed by atoms with Crippen molar-refractivity contribution in [3.63, 3.8) is 0 Å². The molecule has 0 aliphatic rings. The quantitative estimate of drug-likeness (QED) is 0.698. The van der Waals surface area contributed by atoms with Crippen LogP contribution in [0, 0.1) is 0 Å². The van der Waals surface area contributed by atoms with E-state index in [9.17, 15) is 9.59 Å². The second kappa shape index (κ2) is 5.20. The predicted octanol–water partition coefficient (Wildman–Crippen LogP) is 0.577. The molecule has 1 rings (SSSR count). The first-order valence-electron chi connectivity index (χ1n) is 4.93. The zero-order chi connectivity index (χ0) is 12.9. The first-order valence-corrected chi connectivity index (χ1v) is 4.93. The third-order valence-electron chi connectivity index (χ3n) is 2.14. The maximum atomic E-state index is 11.0. The Morgan fingerprint density at radius 2 is 2.00 bits per heavy atom. The molecular weight excluding hydrogens is 224 g/mol. The third kappa shape index (κ3) is 3.67. The number of hydrogen-bond acceptors (Lipinski definition) is 3. The van der Waals surface area contributed by atoms with E-state index in [-0.39, 0.29) is 6.61 Å². The van der Waals surface area contributed by atoms with Crippen LogP contribution >= 0.6 is 0 Å². The Morgan fingerprint density at radius 3 is 2.47 bits per heavy atom. The van der Waals surface area contributed by atoms with Crippen molar-refractivity contribution >= 4 is 12.0 Å². The fourth-order valence-electron chi connectivity index (χ4n) is 1.17. The third-order valence-corrected chi connectivity index (χ3v) is 2.14. The van der Waals surface area contributed by atoms with Crippen molar-refractivity contribution in [2.75, 3.05) is 6.61 Å². The molecule has 0 saturated carbocycles. The van der Waals surface area contributed by atoms with Gasteiger partial charge in [-0.1, -0.05) is 18.2 Å². The Labute approximate surface area is 98.4 Å². The van der Waals surface area contributed by atoms with E-state index in [0.29, 0.717) is 5.75 Å². The molecule has 0 aromatic heterocycles. The van der Waals surface area contributed by atoms with E-state index in [4.69, 9.17) is 15.6 Å². The van der Waals surface area contributed by atoms with E-state index in [1.165, 1.54) is 6.92 Å². The fraction of sp³-hybridized carbons (Fsp3) is 0.273. The smallest absolute Gasteiger partial charge is 0.332 e. The number of rotatable bonds is 5. The van der Waals surface area contributed by atoms with Gasteiger partial charge in [-0.3, -0.25) is 0 Å². The van der Waals surface area contributed by atoms with Crippen molar-refractivity contribution in [2.24, 2.45) is 5.73 Å². The van der Waals surface area contributed by atoms with Crippen molar-refractivity contribution in [3.8, 4) is 5.75 Å². The van der Waals surface area contributed by atoms with Crippen LogP contribution < -0.4 is 15.8 Å². The van der Waals surface area contributed by atoms with Crippen LogP contribution in [0.1, 0.15) is 6.92 Å². The number of carbonyl (C=O) groups is 2. The number of nitrogens with one attached hydrogen (secondary N) is 1. The molecule has 0 saturated heterocycles. The lowest BCUT2D eigenvalue weighted by Gasteiger charge is -2.25. The van der Waals surface area contributed by atoms with E-state index in [1.807, 2.05) is 6.07 Å². The number of aliphatic carboxylic acids is 1. The van der Waals surface area contributed by atoms with E-state index < -0.39 is 17.5 Å². The molecule has 1 atom stereocenters. The number of carboxylic acids is 1. The number of ether oxygens (including phenoxy) is 1. The number of nitrogens with two attached hydrogens (primary N) is 1. The molecule has 1 aromatic rings. The molecule has 1 unspecified atom stereocenters. The van der Waals surface area contributed by atoms with Crippen molar-refractivity contribution in [3.05, 3.63) is 30.3 Å². The maximum Gasteiger partial charge on any atom is 0.332 e. The number of amides is 2. The highest BCUT2D eigenvalue weighted by Gasteiger charge is 2.35. The monoisotopic (exact) mass is 238 g/mol. The highest BCUT2D eigenvalue weighted by Crippen LogP contribution is 2.12. The molecule has 0 fully saturated rings. The molecule has 0 radical (unpaired) electrons. The molecule has 0 heterocycles. The summed E-state index contributed by atoms with van der Waals surface area (Å²) in [5, 5.41) is 11.1. The largest absolute Gasteiger partial charge is 0.491 e. The Bertz CT molecular complexity index is 407. The van der Waals surface area contributed by atoms with Crippen LogP contribution in [0.25, 0.3) is 0 Å². The number of carboxylic acid groups (broad SMARTS) is 1. The lowest BCUT2D eigenvalue weighted by molar-refractivity contribution is -0.144. The van der Waals surface area contributed by atoms with Gasteiger partial charge >= 0.3 is 12.0 Å². The van der Waals surface area contributed by atoms with Gasteiger partial charge in [-0.25, -0.2) is 9.59 Å². The van der Waals surface area contributed by atoms with Gasteiger partial charge in [0.1, 0.15) is 12.4 Å². The molecule has 0 aliphatic heterocycles. The van der Waals surface area contributed by atoms with E-state index >= 15 is 0 Å². The standard InChI is InChI=1S/C11H14N2O4/c1-11(9(14)15,13-10(12)16)7-17-8-5-3-2-4-6-8/h2-6H,7H2,1H3,(H,14,15)(H3,12,13,16). The summed E-state index contributed by atoms with van der Waals surface area (Å²) in [6, 6.07) is 7.79. The van der Waals surface area contributed by atoms with Gasteiger partial charge < -0.3 is 20.9 Å². The van der Waals surface area contributed by atoms with Gasteiger partial charge in [-0.2, -0.15) is 0 Å². The van der Waals surface area contributed by atoms with Crippen LogP contribution in [0.15, 0.2) is 30.3 Å². The summed E-state index contributed by atoms with van der Waals surface area (Å²) in [6.45, 7) is 1.11. The maximum absolute atomic E-state index is 11.0. The molecule has 0 bridgehead atoms. The first-order chi connectivity index (χ1) is 7.94. The second-order valence-corrected chi connectivity index (χ2v) is 3.73. The van der Waals surface area contributed by atoms with Crippen molar-refractivity contribution in [2.45, 2.75) is 12.5 Å². The van der Waals surface area contributed by atoms with Crippen LogP contribution in [0.5, 0.6) is 5.75 Å². The molecule has 6 heteroatoms. The van der Waals surface area contributed by atoms with Crippen molar-refractivity contribution in [1.29, 1.82) is 0 Å². The fourth-order valence-corrected chi connectivity index (χ4v) is 1.17. The molecule has 4 N–H and O–H groups in total. The van der Waals surface area contributed by atoms with Crippen LogP contribution in [-0.2, 0) is 4.79 Å². The van der Waals surface area contributed by atoms with Gasteiger partial charge in [0.15, 0.2) is 5.54 Å². The zero-order valence-electron chi connectivity index (χ0n) is 9.34. The molecule has 0 aliphatic carbocycles. The van der Waals surface area contributed by atoms with Gasteiger partial charge in [0.05, 0.1) is 0 Å². The summed E-state index contributed by atoms with van der Waals surface area (Å²) in [4.78, 5) is 21.8. The summed E-state index contributed by atoms with van der Waals surface area (Å²) in [7, 11) is 0. The van der Waals surface area contributed by atoms with Crippen LogP contribution in [0.4, 0.5) is 4.79 Å². The number of urea groups is 1. The molecule has 17 heavy (non-hydrogen) atoms. The second-order valence-electron chi connectivity index (χ2n) is 3.73. The molecular formula is C11H14N2O4. The van der Waals surface area contributed by atoms with Gasteiger partial charge in [0.2, 0.25) is 0 Å². The molecule has 2 amide bonds. The number of para-hydroxylation sites is 1. The average molecular weight is 238 g/mol. The lowest BCUT2D eigenvalue weighted by atomic mass is 10.1. The minimum atomic E-state index is -1.55. The minimum absolute atomic E-state index is 0.213. The Kier molecular flexibility index (Phi) is 3.92. The van der Waals surface area contributed by atoms with Crippen LogP contribution in [0.2, 0.25) is 0 Å². The molecule has 6 nitrogen and oxygen atoms in total. The number of carbonyl (C=O) groups excluding carboxylic acids is 1. The van der Waals surface area contributed by atoms with E-state index in [2.05, 4.69) is 5.32 Å². The first kappa shape index (κ1) is 12.8. The van der Waals surface area contributed by atoms with Gasteiger partial charge in [0, 0.05) is 0 Å². The predicted molar refractivity (Wildman–Crippen MR) is 60.7 cm³/mol. The molecule has 1 aromatic carbocycles. The summed E-state index contributed by atoms with van der Waals surface area (Å²) in [5.41, 5.74) is 3.36. The Morgan fingerprint density at radius 1 is 1.41 bits per heavy atom. The summed E-state index contributed by atoms with van der Waals surface area (Å²) in [6.07, 6.45) is 0. The van der Waals surface area contributed by atoms with Crippen LogP contribution in [0.3, 0.4) is 0 Å². The summed E-state index contributed by atoms with van der Waals surface area (Å²) >= 11 is 0. The highest BCUT2D eigenvalue weighted by molar-refractivity contribution is 5.85. The Hall–Kier alpha value is -2.24. The molecule has 0 spiro atoms. The minimum Gasteiger partial charge on any atom is -0.491 e. The van der Waals surface area contributed by atoms with Gasteiger partial charge in [0.25, 0.3) is 0 Å². The van der Waals surface area contributed by atoms with Crippen molar-refractivity contribution < 1.29 is 19.4 Å². The number of hydrogen-bond donors (Lipinski definition) is 3. The van der Waals surface area contributed by atoms with Crippen molar-refractivity contribution in [1.82, 2.24) is 5.32 Å². The number of benzene rings is 1. The highest BCUT2D eigenvalue weighted by atomic mass is 16.5. The Balaban J connectivity index is 2.68. The summed E-state index contributed by atoms with van der Waals surface area (Å²) in [5.74, 6) is -0.696.